The van der Waals surface area contributed by atoms with Crippen LogP contribution in [0.5, 0.6) is 0 Å². The zero-order chi connectivity index (χ0) is 16.8. The fraction of sp³-hybridized carbons (Fsp3) is 0.818. The predicted molar refractivity (Wildman–Crippen MR) is 73.1 cm³/mol. The largest absolute Gasteiger partial charge is 0.418 e. The summed E-state index contributed by atoms with van der Waals surface area (Å²) >= 11 is 0. The molecule has 2 bridgehead atoms. The number of alkyl halides is 1. The van der Waals surface area contributed by atoms with E-state index in [-0.39, 0.29) is 13.1 Å². The van der Waals surface area contributed by atoms with E-state index < -0.39 is 46.6 Å². The minimum Gasteiger partial charge on any atom is -0.347 e. The van der Waals surface area contributed by atoms with E-state index in [1.165, 1.54) is 4.90 Å². The van der Waals surface area contributed by atoms with Crippen LogP contribution in [0.2, 0.25) is 0 Å². The topological polar surface area (TPSA) is 128 Å². The van der Waals surface area contributed by atoms with Crippen LogP contribution < -0.4 is 10.6 Å². The highest BCUT2D eigenvalue weighted by molar-refractivity contribution is 7.80. The van der Waals surface area contributed by atoms with Gasteiger partial charge in [-0.25, -0.2) is 9.18 Å². The van der Waals surface area contributed by atoms with Crippen LogP contribution in [0, 0.1) is 0 Å². The Bertz CT molecular complexity index is 616. The number of nitrogens with zero attached hydrogens (tertiary/aromatic N) is 2. The van der Waals surface area contributed by atoms with Gasteiger partial charge < -0.3 is 15.5 Å². The maximum atomic E-state index is 13.5. The summed E-state index contributed by atoms with van der Waals surface area (Å²) in [6, 6.07) is -2.84. The molecule has 0 radical (unpaired) electrons. The van der Waals surface area contributed by atoms with Gasteiger partial charge in [-0.2, -0.15) is 13.5 Å². The van der Waals surface area contributed by atoms with E-state index >= 15 is 0 Å². The lowest BCUT2D eigenvalue weighted by Gasteiger charge is -2.30. The van der Waals surface area contributed by atoms with Crippen molar-refractivity contribution in [1.29, 1.82) is 0 Å². The van der Waals surface area contributed by atoms with E-state index in [1.54, 1.807) is 0 Å². The molecule has 4 atom stereocenters. The Morgan fingerprint density at radius 1 is 1.39 bits per heavy atom. The molecule has 0 aromatic heterocycles. The Labute approximate surface area is 131 Å². The zero-order valence-corrected chi connectivity index (χ0v) is 12.8. The van der Waals surface area contributed by atoms with Gasteiger partial charge in [-0.15, -0.1) is 4.28 Å². The number of piperidine rings is 1. The highest BCUT2D eigenvalue weighted by Crippen LogP contribution is 2.30. The number of rotatable bonds is 4. The molecular weight excluding hydrogens is 335 g/mol. The van der Waals surface area contributed by atoms with E-state index in [2.05, 4.69) is 14.9 Å². The van der Waals surface area contributed by atoms with Crippen LogP contribution in [-0.2, 0) is 19.5 Å². The van der Waals surface area contributed by atoms with Crippen molar-refractivity contribution in [3.63, 3.8) is 0 Å². The predicted octanol–water partition coefficient (Wildman–Crippen LogP) is -1.58. The van der Waals surface area contributed by atoms with Gasteiger partial charge in [-0.3, -0.25) is 9.35 Å². The standard InChI is InChI=1S/C11H17FN4O6S/c12-7-3-13-4-8(7)14-10(17)9-2-1-6-5-15(9)11(18)16(6)22-23(19,20)21/h6-9,13H,1-5H2,(H,14,17)(H,19,20,21)/t6-,7+,8+,9+/m1/s1. The molecule has 3 amide bonds. The lowest BCUT2D eigenvalue weighted by molar-refractivity contribution is -0.127. The molecule has 3 heterocycles. The third-order valence-corrected chi connectivity index (χ3v) is 4.62. The van der Waals surface area contributed by atoms with Crippen LogP contribution in [0.25, 0.3) is 0 Å². The summed E-state index contributed by atoms with van der Waals surface area (Å²) in [6.45, 7) is 0.582. The van der Waals surface area contributed by atoms with Crippen LogP contribution in [0.1, 0.15) is 12.8 Å². The van der Waals surface area contributed by atoms with Crippen molar-refractivity contribution in [1.82, 2.24) is 20.6 Å². The van der Waals surface area contributed by atoms with Gasteiger partial charge in [0, 0.05) is 19.6 Å². The van der Waals surface area contributed by atoms with Crippen molar-refractivity contribution in [2.75, 3.05) is 19.6 Å². The number of hydrogen-bond acceptors (Lipinski definition) is 6. The average molecular weight is 352 g/mol. The minimum absolute atomic E-state index is 0.106. The van der Waals surface area contributed by atoms with Gasteiger partial charge in [0.05, 0.1) is 12.1 Å². The first-order valence-electron chi connectivity index (χ1n) is 7.18. The second kappa shape index (κ2) is 5.85. The van der Waals surface area contributed by atoms with E-state index in [4.69, 9.17) is 4.55 Å². The Kier molecular flexibility index (Phi) is 4.16. The first-order chi connectivity index (χ1) is 10.8. The molecule has 0 aromatic rings. The molecule has 0 saturated carbocycles. The molecular formula is C11H17FN4O6S. The number of hydrogen-bond donors (Lipinski definition) is 3. The number of nitrogens with one attached hydrogen (secondary N) is 2. The normalized spacial score (nSPS) is 34.1. The lowest BCUT2D eigenvalue weighted by atomic mass is 10.00. The number of urea groups is 1. The monoisotopic (exact) mass is 352 g/mol. The summed E-state index contributed by atoms with van der Waals surface area (Å²) in [5.41, 5.74) is 0. The maximum Gasteiger partial charge on any atom is 0.418 e. The average Bonchev–Trinajstić information content (AvgIpc) is 2.96. The number of fused-ring (bicyclic) bond motifs is 2. The summed E-state index contributed by atoms with van der Waals surface area (Å²) in [5.74, 6) is -0.484. The van der Waals surface area contributed by atoms with Crippen LogP contribution >= 0.6 is 0 Å². The molecule has 3 fully saturated rings. The molecule has 23 heavy (non-hydrogen) atoms. The van der Waals surface area contributed by atoms with Gasteiger partial charge in [-0.05, 0) is 12.8 Å². The van der Waals surface area contributed by atoms with Crippen LogP contribution in [0.3, 0.4) is 0 Å². The molecule has 3 aliphatic rings. The third-order valence-electron chi connectivity index (χ3n) is 4.27. The number of halogens is 1. The molecule has 130 valence electrons. The fourth-order valence-electron chi connectivity index (χ4n) is 3.17. The van der Waals surface area contributed by atoms with E-state index in [0.717, 1.165) is 0 Å². The van der Waals surface area contributed by atoms with Gasteiger partial charge in [0.1, 0.15) is 12.2 Å². The van der Waals surface area contributed by atoms with Gasteiger partial charge in [-0.1, -0.05) is 0 Å². The summed E-state index contributed by atoms with van der Waals surface area (Å²) in [6.07, 6.45) is -0.563. The van der Waals surface area contributed by atoms with Crippen molar-refractivity contribution in [3.05, 3.63) is 0 Å². The lowest BCUT2D eigenvalue weighted by Crippen LogP contribution is -2.53. The molecule has 0 aromatic carbocycles. The summed E-state index contributed by atoms with van der Waals surface area (Å²) in [5, 5.41) is 5.95. The smallest absolute Gasteiger partial charge is 0.347 e. The van der Waals surface area contributed by atoms with Crippen molar-refractivity contribution in [2.45, 2.75) is 37.1 Å². The van der Waals surface area contributed by atoms with Crippen LogP contribution in [0.4, 0.5) is 9.18 Å². The van der Waals surface area contributed by atoms with Crippen molar-refractivity contribution < 1.29 is 31.2 Å². The molecule has 3 saturated heterocycles. The Hall–Kier alpha value is -1.50. The molecule has 0 spiro atoms. The number of carbonyl (C=O) groups excluding carboxylic acids is 2. The van der Waals surface area contributed by atoms with Crippen molar-refractivity contribution in [3.8, 4) is 0 Å². The Balaban J connectivity index is 1.67. The second-order valence-corrected chi connectivity index (χ2v) is 6.80. The van der Waals surface area contributed by atoms with E-state index in [1.807, 2.05) is 0 Å². The van der Waals surface area contributed by atoms with E-state index in [9.17, 15) is 22.4 Å². The minimum atomic E-state index is -4.82. The first-order valence-corrected chi connectivity index (χ1v) is 8.55. The number of amides is 3. The van der Waals surface area contributed by atoms with Gasteiger partial charge in [0.15, 0.2) is 0 Å². The molecule has 10 nitrogen and oxygen atoms in total. The highest BCUT2D eigenvalue weighted by Gasteiger charge is 2.49. The molecule has 12 heteroatoms. The zero-order valence-electron chi connectivity index (χ0n) is 12.0. The molecule has 3 aliphatic heterocycles. The summed E-state index contributed by atoms with van der Waals surface area (Å²) in [4.78, 5) is 25.6. The molecule has 0 unspecified atom stereocenters. The Morgan fingerprint density at radius 2 is 2.13 bits per heavy atom. The summed E-state index contributed by atoms with van der Waals surface area (Å²) < 4.78 is 48.1. The molecule has 3 N–H and O–H groups in total. The third kappa shape index (κ3) is 3.24. The van der Waals surface area contributed by atoms with Gasteiger partial charge >= 0.3 is 16.4 Å². The van der Waals surface area contributed by atoms with E-state index in [0.29, 0.717) is 24.4 Å². The van der Waals surface area contributed by atoms with Crippen molar-refractivity contribution in [2.24, 2.45) is 0 Å². The van der Waals surface area contributed by atoms with Crippen molar-refractivity contribution >= 4 is 22.3 Å². The molecule has 0 aliphatic carbocycles. The summed E-state index contributed by atoms with van der Waals surface area (Å²) in [7, 11) is -4.82. The number of carbonyl (C=O) groups is 2. The first kappa shape index (κ1) is 16.4. The fourth-order valence-corrected chi connectivity index (χ4v) is 3.56. The highest BCUT2D eigenvalue weighted by atomic mass is 32.3. The second-order valence-electron chi connectivity index (χ2n) is 5.80. The van der Waals surface area contributed by atoms with Gasteiger partial charge in [0.25, 0.3) is 0 Å². The number of hydroxylamine groups is 2. The Morgan fingerprint density at radius 3 is 2.74 bits per heavy atom. The SMILES string of the molecule is O=C(N[C@H]1CNC[C@@H]1F)[C@@H]1CC[C@@H]2CN1C(=O)N2OS(=O)(=O)O. The van der Waals surface area contributed by atoms with Crippen LogP contribution in [0.15, 0.2) is 0 Å². The maximum absolute atomic E-state index is 13.5. The van der Waals surface area contributed by atoms with Crippen LogP contribution in [-0.4, -0.2) is 78.8 Å². The molecule has 3 rings (SSSR count). The van der Waals surface area contributed by atoms with Gasteiger partial charge in [0.2, 0.25) is 5.91 Å². The quantitative estimate of drug-likeness (QED) is 0.521.